The Labute approximate surface area is 101 Å². The number of carbonyl (C=O) groups is 1. The molecular weight excluding hydrogens is 222 g/mol. The van der Waals surface area contributed by atoms with Gasteiger partial charge < -0.3 is 9.88 Å². The van der Waals surface area contributed by atoms with E-state index in [1.165, 1.54) is 11.8 Å². The number of nitrogens with one attached hydrogen (secondary N) is 1. The van der Waals surface area contributed by atoms with Gasteiger partial charge in [-0.2, -0.15) is 0 Å². The molecule has 0 saturated carbocycles. The lowest BCUT2D eigenvalue weighted by Crippen LogP contribution is -2.33. The van der Waals surface area contributed by atoms with Crippen molar-refractivity contribution in [2.24, 2.45) is 13.0 Å². The SMILES string of the molecule is CC(C)CNC(=O)[C@@H](C)Sc1nccn1C. The van der Waals surface area contributed by atoms with Crippen LogP contribution in [0, 0.1) is 5.92 Å². The maximum absolute atomic E-state index is 11.7. The molecule has 1 N–H and O–H groups in total. The van der Waals surface area contributed by atoms with Crippen LogP contribution in [0.15, 0.2) is 17.6 Å². The maximum atomic E-state index is 11.7. The molecule has 90 valence electrons. The Morgan fingerprint density at radius 2 is 2.25 bits per heavy atom. The molecule has 0 unspecified atom stereocenters. The van der Waals surface area contributed by atoms with Gasteiger partial charge >= 0.3 is 0 Å². The van der Waals surface area contributed by atoms with E-state index in [0.29, 0.717) is 5.92 Å². The second kappa shape index (κ2) is 5.94. The highest BCUT2D eigenvalue weighted by atomic mass is 32.2. The van der Waals surface area contributed by atoms with Gasteiger partial charge in [-0.3, -0.25) is 4.79 Å². The Morgan fingerprint density at radius 3 is 2.75 bits per heavy atom. The van der Waals surface area contributed by atoms with Crippen molar-refractivity contribution in [3.05, 3.63) is 12.4 Å². The summed E-state index contributed by atoms with van der Waals surface area (Å²) in [5.41, 5.74) is 0. The minimum Gasteiger partial charge on any atom is -0.355 e. The Kier molecular flexibility index (Phi) is 4.86. The molecule has 16 heavy (non-hydrogen) atoms. The summed E-state index contributed by atoms with van der Waals surface area (Å²) in [6, 6.07) is 0. The van der Waals surface area contributed by atoms with Crippen LogP contribution >= 0.6 is 11.8 Å². The summed E-state index contributed by atoms with van der Waals surface area (Å²) in [6.07, 6.45) is 3.61. The molecule has 0 aromatic carbocycles. The fourth-order valence-corrected chi connectivity index (χ4v) is 1.98. The zero-order valence-electron chi connectivity index (χ0n) is 10.2. The van der Waals surface area contributed by atoms with E-state index in [-0.39, 0.29) is 11.2 Å². The highest BCUT2D eigenvalue weighted by Crippen LogP contribution is 2.20. The molecule has 1 atom stereocenters. The standard InChI is InChI=1S/C11H19N3OS/c1-8(2)7-13-10(15)9(3)16-11-12-5-6-14(11)4/h5-6,8-9H,7H2,1-4H3,(H,13,15)/t9-/m1/s1. The zero-order valence-corrected chi connectivity index (χ0v) is 11.0. The molecule has 0 radical (unpaired) electrons. The number of imidazole rings is 1. The Balaban J connectivity index is 2.43. The van der Waals surface area contributed by atoms with Crippen LogP contribution in [-0.2, 0) is 11.8 Å². The van der Waals surface area contributed by atoms with Crippen molar-refractivity contribution >= 4 is 17.7 Å². The van der Waals surface area contributed by atoms with Crippen LogP contribution in [0.25, 0.3) is 0 Å². The van der Waals surface area contributed by atoms with Gasteiger partial charge in [-0.15, -0.1) is 0 Å². The minimum atomic E-state index is -0.111. The van der Waals surface area contributed by atoms with E-state index < -0.39 is 0 Å². The summed E-state index contributed by atoms with van der Waals surface area (Å²) in [6.45, 7) is 6.78. The second-order valence-electron chi connectivity index (χ2n) is 4.22. The van der Waals surface area contributed by atoms with Gasteiger partial charge in [-0.25, -0.2) is 4.98 Å². The lowest BCUT2D eigenvalue weighted by molar-refractivity contribution is -0.120. The maximum Gasteiger partial charge on any atom is 0.233 e. The van der Waals surface area contributed by atoms with Gasteiger partial charge in [0.15, 0.2) is 5.16 Å². The summed E-state index contributed by atoms with van der Waals surface area (Å²) in [4.78, 5) is 15.9. The summed E-state index contributed by atoms with van der Waals surface area (Å²) in [5, 5.41) is 3.67. The molecule has 0 spiro atoms. The lowest BCUT2D eigenvalue weighted by atomic mass is 10.2. The molecule has 1 aromatic rings. The number of nitrogens with zero attached hydrogens (tertiary/aromatic N) is 2. The van der Waals surface area contributed by atoms with E-state index in [4.69, 9.17) is 0 Å². The summed E-state index contributed by atoms with van der Waals surface area (Å²) < 4.78 is 1.91. The van der Waals surface area contributed by atoms with E-state index in [9.17, 15) is 4.79 Å². The molecule has 0 saturated heterocycles. The predicted molar refractivity (Wildman–Crippen MR) is 66.4 cm³/mol. The smallest absolute Gasteiger partial charge is 0.233 e. The van der Waals surface area contributed by atoms with Crippen LogP contribution in [0.4, 0.5) is 0 Å². The van der Waals surface area contributed by atoms with Crippen LogP contribution in [-0.4, -0.2) is 27.3 Å². The van der Waals surface area contributed by atoms with Crippen molar-refractivity contribution in [3.8, 4) is 0 Å². The van der Waals surface area contributed by atoms with Crippen molar-refractivity contribution in [2.45, 2.75) is 31.2 Å². The molecule has 1 amide bonds. The first-order valence-corrected chi connectivity index (χ1v) is 6.30. The number of thioether (sulfide) groups is 1. The predicted octanol–water partition coefficient (Wildman–Crippen LogP) is 1.67. The number of aromatic nitrogens is 2. The molecule has 0 aliphatic heterocycles. The van der Waals surface area contributed by atoms with E-state index in [1.807, 2.05) is 24.7 Å². The van der Waals surface area contributed by atoms with Crippen LogP contribution in [0.5, 0.6) is 0 Å². The third-order valence-corrected chi connectivity index (χ3v) is 3.28. The number of carbonyl (C=O) groups excluding carboxylic acids is 1. The Morgan fingerprint density at radius 1 is 1.56 bits per heavy atom. The third-order valence-electron chi connectivity index (χ3n) is 2.11. The van der Waals surface area contributed by atoms with Crippen molar-refractivity contribution < 1.29 is 4.79 Å². The lowest BCUT2D eigenvalue weighted by Gasteiger charge is -2.12. The molecule has 1 heterocycles. The first kappa shape index (κ1) is 13.1. The van der Waals surface area contributed by atoms with Gasteiger partial charge in [0.05, 0.1) is 5.25 Å². The monoisotopic (exact) mass is 241 g/mol. The Hall–Kier alpha value is -0.970. The van der Waals surface area contributed by atoms with Gasteiger partial charge in [0, 0.05) is 26.0 Å². The highest BCUT2D eigenvalue weighted by Gasteiger charge is 2.16. The van der Waals surface area contributed by atoms with Crippen molar-refractivity contribution in [1.29, 1.82) is 0 Å². The summed E-state index contributed by atoms with van der Waals surface area (Å²) >= 11 is 1.48. The van der Waals surface area contributed by atoms with Crippen LogP contribution in [0.3, 0.4) is 0 Å². The van der Waals surface area contributed by atoms with Crippen LogP contribution in [0.2, 0.25) is 0 Å². The summed E-state index contributed by atoms with van der Waals surface area (Å²) in [7, 11) is 1.92. The first-order valence-electron chi connectivity index (χ1n) is 5.42. The quantitative estimate of drug-likeness (QED) is 0.798. The molecule has 1 rings (SSSR count). The number of amides is 1. The number of hydrogen-bond donors (Lipinski definition) is 1. The Bertz CT molecular complexity index is 349. The first-order chi connectivity index (χ1) is 7.50. The normalized spacial score (nSPS) is 12.8. The largest absolute Gasteiger partial charge is 0.355 e. The molecule has 0 bridgehead atoms. The molecule has 4 nitrogen and oxygen atoms in total. The topological polar surface area (TPSA) is 46.9 Å². The second-order valence-corrected chi connectivity index (χ2v) is 5.53. The third kappa shape index (κ3) is 3.89. The highest BCUT2D eigenvalue weighted by molar-refractivity contribution is 8.00. The molecule has 0 aliphatic rings. The number of aryl methyl sites for hydroxylation is 1. The van der Waals surface area contributed by atoms with Gasteiger partial charge in [0.2, 0.25) is 5.91 Å². The average Bonchev–Trinajstić information content (AvgIpc) is 2.60. The average molecular weight is 241 g/mol. The van der Waals surface area contributed by atoms with Crippen molar-refractivity contribution in [2.75, 3.05) is 6.54 Å². The minimum absolute atomic E-state index is 0.0710. The van der Waals surface area contributed by atoms with E-state index >= 15 is 0 Å². The van der Waals surface area contributed by atoms with E-state index in [0.717, 1.165) is 11.7 Å². The molecule has 5 heteroatoms. The molecule has 0 aliphatic carbocycles. The van der Waals surface area contributed by atoms with Crippen LogP contribution < -0.4 is 5.32 Å². The van der Waals surface area contributed by atoms with Crippen LogP contribution in [0.1, 0.15) is 20.8 Å². The van der Waals surface area contributed by atoms with E-state index in [1.54, 1.807) is 6.20 Å². The van der Waals surface area contributed by atoms with Crippen molar-refractivity contribution in [3.63, 3.8) is 0 Å². The van der Waals surface area contributed by atoms with Gasteiger partial charge in [0.1, 0.15) is 0 Å². The molecular formula is C11H19N3OS. The van der Waals surface area contributed by atoms with Gasteiger partial charge in [-0.05, 0) is 12.8 Å². The fourth-order valence-electron chi connectivity index (χ4n) is 1.13. The van der Waals surface area contributed by atoms with E-state index in [2.05, 4.69) is 24.1 Å². The number of rotatable bonds is 5. The zero-order chi connectivity index (χ0) is 12.1. The van der Waals surface area contributed by atoms with Gasteiger partial charge in [-0.1, -0.05) is 25.6 Å². The summed E-state index contributed by atoms with van der Waals surface area (Å²) in [5.74, 6) is 0.552. The van der Waals surface area contributed by atoms with Crippen molar-refractivity contribution in [1.82, 2.24) is 14.9 Å². The molecule has 0 fully saturated rings. The number of hydrogen-bond acceptors (Lipinski definition) is 3. The van der Waals surface area contributed by atoms with Gasteiger partial charge in [0.25, 0.3) is 0 Å². The molecule has 1 aromatic heterocycles. The fraction of sp³-hybridized carbons (Fsp3) is 0.636.